The summed E-state index contributed by atoms with van der Waals surface area (Å²) in [7, 11) is 0. The lowest BCUT2D eigenvalue weighted by molar-refractivity contribution is 0.0148. The van der Waals surface area contributed by atoms with Crippen LogP contribution in [0.4, 0.5) is 0 Å². The Kier molecular flexibility index (Phi) is 5.09. The van der Waals surface area contributed by atoms with Gasteiger partial charge in [-0.25, -0.2) is 0 Å². The molecule has 0 aromatic carbocycles. The Bertz CT molecular complexity index is 414. The molecule has 1 aromatic rings. The minimum Gasteiger partial charge on any atom is -0.390 e. The highest BCUT2D eigenvalue weighted by molar-refractivity contribution is 5.71. The molecule has 0 spiro atoms. The number of aldehydes is 1. The van der Waals surface area contributed by atoms with Crippen LogP contribution in [0, 0.1) is 0 Å². The first-order chi connectivity index (χ1) is 8.19. The van der Waals surface area contributed by atoms with Crippen molar-refractivity contribution in [3.05, 3.63) is 40.0 Å². The zero-order chi connectivity index (χ0) is 12.7. The maximum absolute atomic E-state index is 10.4. The fraction of sp³-hybridized carbons (Fsp3) is 0.400. The van der Waals surface area contributed by atoms with Gasteiger partial charge in [-0.05, 0) is 18.0 Å². The summed E-state index contributed by atoms with van der Waals surface area (Å²) in [5.41, 5.74) is 8.72. The molecule has 0 aliphatic heterocycles. The number of rotatable bonds is 6. The van der Waals surface area contributed by atoms with Gasteiger partial charge < -0.3 is 10.2 Å². The molecule has 2 unspecified atom stereocenters. The quantitative estimate of drug-likeness (QED) is 0.331. The van der Waals surface area contributed by atoms with Crippen molar-refractivity contribution in [1.82, 2.24) is 4.98 Å². The Hall–Kier alpha value is -1.95. The van der Waals surface area contributed by atoms with Crippen molar-refractivity contribution in [2.75, 3.05) is 6.54 Å². The molecule has 2 atom stereocenters. The fourth-order valence-electron chi connectivity index (χ4n) is 1.28. The number of azide groups is 1. The molecule has 0 saturated heterocycles. The zero-order valence-corrected chi connectivity index (χ0v) is 8.97. The van der Waals surface area contributed by atoms with Crippen LogP contribution in [0.3, 0.4) is 0 Å². The smallest absolute Gasteiger partial charge is 0.168 e. The Labute approximate surface area is 97.4 Å². The summed E-state index contributed by atoms with van der Waals surface area (Å²) in [4.78, 5) is 16.7. The van der Waals surface area contributed by atoms with Gasteiger partial charge in [-0.1, -0.05) is 11.2 Å². The number of pyridine rings is 1. The minimum absolute atomic E-state index is 0.106. The molecule has 7 heteroatoms. The minimum atomic E-state index is -1.11. The molecule has 7 nitrogen and oxygen atoms in total. The largest absolute Gasteiger partial charge is 0.390 e. The Morgan fingerprint density at radius 3 is 2.82 bits per heavy atom. The molecule has 17 heavy (non-hydrogen) atoms. The Morgan fingerprint density at radius 1 is 1.53 bits per heavy atom. The van der Waals surface area contributed by atoms with Crippen LogP contribution in [0.1, 0.15) is 28.6 Å². The summed E-state index contributed by atoms with van der Waals surface area (Å²) < 4.78 is 0. The van der Waals surface area contributed by atoms with E-state index >= 15 is 0 Å². The highest BCUT2D eigenvalue weighted by Gasteiger charge is 2.17. The molecule has 0 fully saturated rings. The average molecular weight is 236 g/mol. The van der Waals surface area contributed by atoms with E-state index in [1.807, 2.05) is 0 Å². The van der Waals surface area contributed by atoms with Gasteiger partial charge in [-0.3, -0.25) is 9.78 Å². The van der Waals surface area contributed by atoms with E-state index in [0.29, 0.717) is 11.8 Å². The van der Waals surface area contributed by atoms with Gasteiger partial charge in [-0.15, -0.1) is 0 Å². The Morgan fingerprint density at radius 2 is 2.29 bits per heavy atom. The third-order valence-corrected chi connectivity index (χ3v) is 2.22. The molecular weight excluding hydrogens is 224 g/mol. The van der Waals surface area contributed by atoms with Crippen LogP contribution in [-0.4, -0.2) is 34.1 Å². The standard InChI is InChI=1S/C10H12N4O3/c11-14-13-4-3-9(16)10(17)7-1-2-8(6-15)12-5-7/h1-2,5-6,9-10,16-17H,3-4H2. The summed E-state index contributed by atoms with van der Waals surface area (Å²) in [6.07, 6.45) is -0.0819. The third-order valence-electron chi connectivity index (χ3n) is 2.22. The second-order valence-corrected chi connectivity index (χ2v) is 3.39. The molecule has 1 heterocycles. The van der Waals surface area contributed by atoms with E-state index in [1.165, 1.54) is 18.3 Å². The SMILES string of the molecule is [N-]=[N+]=NCCC(O)C(O)c1ccc(C=O)nc1. The number of nitrogens with zero attached hydrogens (tertiary/aromatic N) is 4. The van der Waals surface area contributed by atoms with Gasteiger partial charge >= 0.3 is 0 Å². The molecule has 1 rings (SSSR count). The van der Waals surface area contributed by atoms with Crippen molar-refractivity contribution < 1.29 is 15.0 Å². The van der Waals surface area contributed by atoms with Crippen molar-refractivity contribution >= 4 is 6.29 Å². The van der Waals surface area contributed by atoms with E-state index in [4.69, 9.17) is 5.53 Å². The molecule has 2 N–H and O–H groups in total. The summed E-state index contributed by atoms with van der Waals surface area (Å²) >= 11 is 0. The van der Waals surface area contributed by atoms with E-state index in [-0.39, 0.29) is 18.7 Å². The summed E-state index contributed by atoms with van der Waals surface area (Å²) in [6.45, 7) is 0.106. The topological polar surface area (TPSA) is 119 Å². The van der Waals surface area contributed by atoms with Crippen LogP contribution in [0.25, 0.3) is 10.4 Å². The predicted octanol–water partition coefficient (Wildman–Crippen LogP) is 0.989. The molecule has 0 aliphatic carbocycles. The van der Waals surface area contributed by atoms with Crippen molar-refractivity contribution in [2.24, 2.45) is 5.11 Å². The van der Waals surface area contributed by atoms with E-state index in [1.54, 1.807) is 0 Å². The van der Waals surface area contributed by atoms with Gasteiger partial charge in [0, 0.05) is 23.2 Å². The molecule has 0 bridgehead atoms. The average Bonchev–Trinajstić information content (AvgIpc) is 2.38. The Balaban J connectivity index is 2.63. The number of aliphatic hydroxyl groups excluding tert-OH is 2. The monoisotopic (exact) mass is 236 g/mol. The van der Waals surface area contributed by atoms with Gasteiger partial charge in [0.05, 0.1) is 6.10 Å². The first-order valence-corrected chi connectivity index (χ1v) is 4.97. The molecular formula is C10H12N4O3. The van der Waals surface area contributed by atoms with Crippen molar-refractivity contribution in [3.8, 4) is 0 Å². The van der Waals surface area contributed by atoms with Crippen molar-refractivity contribution in [2.45, 2.75) is 18.6 Å². The first-order valence-electron chi connectivity index (χ1n) is 4.97. The molecule has 0 amide bonds. The summed E-state index contributed by atoms with van der Waals surface area (Å²) in [5.74, 6) is 0. The van der Waals surface area contributed by atoms with Crippen LogP contribution >= 0.6 is 0 Å². The normalized spacial score (nSPS) is 13.5. The van der Waals surface area contributed by atoms with Gasteiger partial charge in [0.1, 0.15) is 11.8 Å². The maximum Gasteiger partial charge on any atom is 0.168 e. The fourth-order valence-corrected chi connectivity index (χ4v) is 1.28. The first kappa shape index (κ1) is 13.1. The lowest BCUT2D eigenvalue weighted by atomic mass is 10.0. The van der Waals surface area contributed by atoms with Crippen molar-refractivity contribution in [1.29, 1.82) is 0 Å². The second kappa shape index (κ2) is 6.59. The van der Waals surface area contributed by atoms with Gasteiger partial charge in [-0.2, -0.15) is 0 Å². The zero-order valence-electron chi connectivity index (χ0n) is 8.97. The molecule has 90 valence electrons. The maximum atomic E-state index is 10.4. The number of hydrogen-bond donors (Lipinski definition) is 2. The predicted molar refractivity (Wildman–Crippen MR) is 59.2 cm³/mol. The lowest BCUT2D eigenvalue weighted by Gasteiger charge is -2.16. The van der Waals surface area contributed by atoms with E-state index in [9.17, 15) is 15.0 Å². The van der Waals surface area contributed by atoms with E-state index in [0.717, 1.165) is 0 Å². The van der Waals surface area contributed by atoms with Crippen LogP contribution in [0.2, 0.25) is 0 Å². The van der Waals surface area contributed by atoms with E-state index < -0.39 is 12.2 Å². The van der Waals surface area contributed by atoms with Gasteiger partial charge in [0.2, 0.25) is 0 Å². The number of aliphatic hydroxyl groups is 2. The van der Waals surface area contributed by atoms with Crippen LogP contribution in [0.15, 0.2) is 23.4 Å². The van der Waals surface area contributed by atoms with Crippen LogP contribution in [-0.2, 0) is 0 Å². The van der Waals surface area contributed by atoms with Gasteiger partial charge in [0.15, 0.2) is 6.29 Å². The van der Waals surface area contributed by atoms with Crippen molar-refractivity contribution in [3.63, 3.8) is 0 Å². The number of carbonyl (C=O) groups excluding carboxylic acids is 1. The molecule has 0 aliphatic rings. The number of carbonyl (C=O) groups is 1. The van der Waals surface area contributed by atoms with Crippen LogP contribution in [0.5, 0.6) is 0 Å². The highest BCUT2D eigenvalue weighted by Crippen LogP contribution is 2.18. The molecule has 0 radical (unpaired) electrons. The lowest BCUT2D eigenvalue weighted by Crippen LogP contribution is -2.19. The third kappa shape index (κ3) is 3.84. The van der Waals surface area contributed by atoms with E-state index in [2.05, 4.69) is 15.0 Å². The summed E-state index contributed by atoms with van der Waals surface area (Å²) in [6, 6.07) is 2.96. The highest BCUT2D eigenvalue weighted by atomic mass is 16.3. The van der Waals surface area contributed by atoms with Gasteiger partial charge in [0.25, 0.3) is 0 Å². The number of hydrogen-bond acceptors (Lipinski definition) is 5. The number of aromatic nitrogens is 1. The molecule has 1 aromatic heterocycles. The summed E-state index contributed by atoms with van der Waals surface area (Å²) in [5, 5.41) is 22.6. The van der Waals surface area contributed by atoms with Crippen LogP contribution < -0.4 is 0 Å². The molecule has 0 saturated carbocycles. The second-order valence-electron chi connectivity index (χ2n) is 3.39.